The van der Waals surface area contributed by atoms with Gasteiger partial charge >= 0.3 is 0 Å². The van der Waals surface area contributed by atoms with E-state index in [-0.39, 0.29) is 11.3 Å². The lowest BCUT2D eigenvalue weighted by atomic mass is 9.55. The van der Waals surface area contributed by atoms with Crippen LogP contribution in [0, 0.1) is 17.3 Å². The van der Waals surface area contributed by atoms with Crippen LogP contribution in [0.3, 0.4) is 0 Å². The van der Waals surface area contributed by atoms with Crippen molar-refractivity contribution in [2.24, 2.45) is 17.3 Å². The standard InChI is InChI=1S/C27H33NO2/c1-27-16-15-22-21-11-9-20(29)17-19(21)8-10-23(22)24(27)12-13-25(27)28-26(30)14-7-18-5-3-2-4-6-18/h2-6,9,11,17,22-25,29H,7-8,10,12-16H2,1H3,(H,28,30)/t22-,23-,24+,25+,27+/m1/s1. The maximum atomic E-state index is 12.7. The summed E-state index contributed by atoms with van der Waals surface area (Å²) < 4.78 is 0. The van der Waals surface area contributed by atoms with Crippen LogP contribution in [-0.2, 0) is 17.6 Å². The Bertz CT molecular complexity index is 924. The highest BCUT2D eigenvalue weighted by Crippen LogP contribution is 2.60. The molecule has 0 heterocycles. The molecule has 0 saturated heterocycles. The second kappa shape index (κ2) is 7.76. The van der Waals surface area contributed by atoms with Gasteiger partial charge in [-0.2, -0.15) is 0 Å². The molecule has 158 valence electrons. The lowest BCUT2D eigenvalue weighted by Crippen LogP contribution is -2.50. The molecule has 0 aromatic heterocycles. The summed E-state index contributed by atoms with van der Waals surface area (Å²) in [5.41, 5.74) is 4.28. The van der Waals surface area contributed by atoms with E-state index >= 15 is 0 Å². The minimum Gasteiger partial charge on any atom is -0.508 e. The van der Waals surface area contributed by atoms with Gasteiger partial charge in [0.05, 0.1) is 0 Å². The van der Waals surface area contributed by atoms with Crippen molar-refractivity contribution >= 4 is 5.91 Å². The zero-order valence-electron chi connectivity index (χ0n) is 17.9. The molecule has 0 spiro atoms. The van der Waals surface area contributed by atoms with Gasteiger partial charge in [0.15, 0.2) is 0 Å². The van der Waals surface area contributed by atoms with E-state index in [1.807, 2.05) is 30.3 Å². The molecule has 3 heteroatoms. The summed E-state index contributed by atoms with van der Waals surface area (Å²) >= 11 is 0. The van der Waals surface area contributed by atoms with Gasteiger partial charge in [0.2, 0.25) is 5.91 Å². The number of benzene rings is 2. The summed E-state index contributed by atoms with van der Waals surface area (Å²) in [7, 11) is 0. The van der Waals surface area contributed by atoms with Gasteiger partial charge in [-0.25, -0.2) is 0 Å². The minimum atomic E-state index is 0.206. The van der Waals surface area contributed by atoms with E-state index in [9.17, 15) is 9.90 Å². The Labute approximate surface area is 179 Å². The molecular formula is C27H33NO2. The third-order valence-corrected chi connectivity index (χ3v) is 8.53. The van der Waals surface area contributed by atoms with Gasteiger partial charge in [0.1, 0.15) is 5.75 Å². The fourth-order valence-electron chi connectivity index (χ4n) is 6.98. The number of hydrogen-bond donors (Lipinski definition) is 2. The van der Waals surface area contributed by atoms with E-state index in [2.05, 4.69) is 30.4 Å². The molecule has 2 fully saturated rings. The maximum absolute atomic E-state index is 12.7. The number of rotatable bonds is 4. The van der Waals surface area contributed by atoms with E-state index in [0.29, 0.717) is 36.0 Å². The Kier molecular flexibility index (Phi) is 5.08. The monoisotopic (exact) mass is 403 g/mol. The van der Waals surface area contributed by atoms with Gasteiger partial charge in [-0.3, -0.25) is 4.79 Å². The number of hydrogen-bond acceptors (Lipinski definition) is 2. The Morgan fingerprint density at radius 3 is 2.77 bits per heavy atom. The first kappa shape index (κ1) is 19.7. The molecule has 5 rings (SSSR count). The number of phenols is 1. The lowest BCUT2D eigenvalue weighted by Gasteiger charge is -2.51. The summed E-state index contributed by atoms with van der Waals surface area (Å²) in [4.78, 5) is 12.7. The van der Waals surface area contributed by atoms with Gasteiger partial charge in [-0.15, -0.1) is 0 Å². The van der Waals surface area contributed by atoms with Gasteiger partial charge in [-0.05, 0) is 96.9 Å². The Hall–Kier alpha value is -2.29. The molecule has 3 nitrogen and oxygen atoms in total. The predicted molar refractivity (Wildman–Crippen MR) is 119 cm³/mol. The van der Waals surface area contributed by atoms with Crippen LogP contribution < -0.4 is 5.32 Å². The summed E-state index contributed by atoms with van der Waals surface area (Å²) in [6.07, 6.45) is 8.41. The zero-order chi connectivity index (χ0) is 20.7. The van der Waals surface area contributed by atoms with Crippen molar-refractivity contribution < 1.29 is 9.90 Å². The SMILES string of the molecule is C[C@]12CC[C@@H]3c4ccc(O)cc4CC[C@H]3[C@@H]1CC[C@@H]2NC(=O)CCc1ccccc1. The van der Waals surface area contributed by atoms with Gasteiger partial charge in [-0.1, -0.05) is 43.3 Å². The van der Waals surface area contributed by atoms with Crippen molar-refractivity contribution in [2.75, 3.05) is 0 Å². The molecule has 3 aliphatic rings. The van der Waals surface area contributed by atoms with Gasteiger partial charge in [0.25, 0.3) is 0 Å². The molecular weight excluding hydrogens is 370 g/mol. The normalized spacial score (nSPS) is 32.0. The highest BCUT2D eigenvalue weighted by atomic mass is 16.3. The third-order valence-electron chi connectivity index (χ3n) is 8.53. The van der Waals surface area contributed by atoms with Crippen LogP contribution in [0.1, 0.15) is 68.1 Å². The molecule has 0 unspecified atom stereocenters. The average Bonchev–Trinajstić information content (AvgIpc) is 3.09. The third kappa shape index (κ3) is 3.42. The fraction of sp³-hybridized carbons (Fsp3) is 0.519. The fourth-order valence-corrected chi connectivity index (χ4v) is 6.98. The lowest BCUT2D eigenvalue weighted by molar-refractivity contribution is -0.123. The Balaban J connectivity index is 1.26. The highest BCUT2D eigenvalue weighted by molar-refractivity contribution is 5.76. The molecule has 2 N–H and O–H groups in total. The maximum Gasteiger partial charge on any atom is 0.220 e. The first-order valence-corrected chi connectivity index (χ1v) is 11.7. The number of nitrogens with one attached hydrogen (secondary N) is 1. The van der Waals surface area contributed by atoms with Crippen molar-refractivity contribution in [3.8, 4) is 5.75 Å². The molecule has 0 aliphatic heterocycles. The molecule has 2 aromatic rings. The molecule has 1 amide bonds. The molecule has 3 aliphatic carbocycles. The van der Waals surface area contributed by atoms with E-state index in [1.165, 1.54) is 42.4 Å². The van der Waals surface area contributed by atoms with E-state index in [1.54, 1.807) is 0 Å². The summed E-state index contributed by atoms with van der Waals surface area (Å²) in [5, 5.41) is 13.3. The Morgan fingerprint density at radius 1 is 1.10 bits per heavy atom. The van der Waals surface area contributed by atoms with Crippen molar-refractivity contribution in [3.63, 3.8) is 0 Å². The number of carbonyl (C=O) groups excluding carboxylic acids is 1. The van der Waals surface area contributed by atoms with E-state index in [4.69, 9.17) is 0 Å². The van der Waals surface area contributed by atoms with Gasteiger partial charge < -0.3 is 10.4 Å². The number of aryl methyl sites for hydroxylation is 2. The number of aromatic hydroxyl groups is 1. The van der Waals surface area contributed by atoms with Crippen LogP contribution in [0.5, 0.6) is 5.75 Å². The van der Waals surface area contributed by atoms with Crippen molar-refractivity contribution in [3.05, 3.63) is 65.2 Å². The molecule has 5 atom stereocenters. The first-order chi connectivity index (χ1) is 14.5. The largest absolute Gasteiger partial charge is 0.508 e. The second-order valence-corrected chi connectivity index (χ2v) is 10.0. The topological polar surface area (TPSA) is 49.3 Å². The molecule has 2 saturated carbocycles. The number of phenolic OH excluding ortho intramolecular Hbond substituents is 1. The minimum absolute atomic E-state index is 0.206. The van der Waals surface area contributed by atoms with E-state index < -0.39 is 0 Å². The molecule has 0 bridgehead atoms. The van der Waals surface area contributed by atoms with Crippen LogP contribution in [0.25, 0.3) is 0 Å². The molecule has 30 heavy (non-hydrogen) atoms. The molecule has 0 radical (unpaired) electrons. The quantitative estimate of drug-likeness (QED) is 0.721. The van der Waals surface area contributed by atoms with Crippen molar-refractivity contribution in [2.45, 2.75) is 70.3 Å². The van der Waals surface area contributed by atoms with Crippen LogP contribution in [0.2, 0.25) is 0 Å². The average molecular weight is 404 g/mol. The van der Waals surface area contributed by atoms with Crippen LogP contribution in [0.4, 0.5) is 0 Å². The Morgan fingerprint density at radius 2 is 1.93 bits per heavy atom. The van der Waals surface area contributed by atoms with E-state index in [0.717, 1.165) is 19.3 Å². The van der Waals surface area contributed by atoms with Crippen LogP contribution in [-0.4, -0.2) is 17.1 Å². The van der Waals surface area contributed by atoms with Crippen molar-refractivity contribution in [1.82, 2.24) is 5.32 Å². The van der Waals surface area contributed by atoms with Crippen LogP contribution in [0.15, 0.2) is 48.5 Å². The second-order valence-electron chi connectivity index (χ2n) is 10.0. The highest BCUT2D eigenvalue weighted by Gasteiger charge is 2.55. The zero-order valence-corrected chi connectivity index (χ0v) is 17.9. The van der Waals surface area contributed by atoms with Crippen molar-refractivity contribution in [1.29, 1.82) is 0 Å². The van der Waals surface area contributed by atoms with Crippen LogP contribution >= 0.6 is 0 Å². The predicted octanol–water partition coefficient (Wildman–Crippen LogP) is 5.37. The number of fused-ring (bicyclic) bond motifs is 5. The van der Waals surface area contributed by atoms with Gasteiger partial charge in [0, 0.05) is 12.5 Å². The summed E-state index contributed by atoms with van der Waals surface area (Å²) in [6, 6.07) is 16.6. The molecule has 2 aromatic carbocycles. The number of carbonyl (C=O) groups is 1. The summed E-state index contributed by atoms with van der Waals surface area (Å²) in [5.74, 6) is 2.63. The first-order valence-electron chi connectivity index (χ1n) is 11.7. The number of amides is 1. The summed E-state index contributed by atoms with van der Waals surface area (Å²) in [6.45, 7) is 2.44. The smallest absolute Gasteiger partial charge is 0.220 e.